The molecule has 4 heteroatoms. The average Bonchev–Trinajstić information content (AvgIpc) is 2.51. The summed E-state index contributed by atoms with van der Waals surface area (Å²) in [6.45, 7) is 3.83. The minimum atomic E-state index is -0.945. The van der Waals surface area contributed by atoms with E-state index in [9.17, 15) is 8.78 Å². The molecule has 0 radical (unpaired) electrons. The fourth-order valence-electron chi connectivity index (χ4n) is 2.01. The predicted octanol–water partition coefficient (Wildman–Crippen LogP) is 5.17. The highest BCUT2D eigenvalue weighted by Gasteiger charge is 2.18. The zero-order valence-electron chi connectivity index (χ0n) is 11.4. The predicted molar refractivity (Wildman–Crippen MR) is 83.7 cm³/mol. The third kappa shape index (κ3) is 3.70. The van der Waals surface area contributed by atoms with Gasteiger partial charge in [0, 0.05) is 16.5 Å². The van der Waals surface area contributed by atoms with E-state index >= 15 is 0 Å². The number of halogens is 3. The monoisotopic (exact) mass is 352 g/mol. The van der Waals surface area contributed by atoms with Crippen molar-refractivity contribution in [2.75, 3.05) is 0 Å². The summed E-state index contributed by atoms with van der Waals surface area (Å²) < 4.78 is 33.6. The second-order valence-corrected chi connectivity index (χ2v) is 5.11. The second-order valence-electron chi connectivity index (χ2n) is 4.55. The maximum atomic E-state index is 14.2. The van der Waals surface area contributed by atoms with E-state index in [1.54, 1.807) is 12.1 Å². The molecular formula is C17H15BrF2O. The quantitative estimate of drug-likeness (QED) is 0.514. The van der Waals surface area contributed by atoms with Crippen LogP contribution in [0.25, 0.3) is 0 Å². The molecule has 0 aromatic heterocycles. The molecule has 21 heavy (non-hydrogen) atoms. The Morgan fingerprint density at radius 3 is 2.43 bits per heavy atom. The van der Waals surface area contributed by atoms with Crippen molar-refractivity contribution in [3.8, 4) is 5.75 Å². The lowest BCUT2D eigenvalue weighted by atomic mass is 10.1. The summed E-state index contributed by atoms with van der Waals surface area (Å²) in [7, 11) is 0. The first-order chi connectivity index (χ1) is 10.2. The molecule has 2 rings (SSSR count). The lowest BCUT2D eigenvalue weighted by Gasteiger charge is -2.14. The molecule has 0 heterocycles. The Kier molecular flexibility index (Phi) is 5.51. The lowest BCUT2D eigenvalue weighted by Crippen LogP contribution is -2.05. The van der Waals surface area contributed by atoms with Crippen LogP contribution in [-0.4, -0.2) is 0 Å². The van der Waals surface area contributed by atoms with Gasteiger partial charge in [0.25, 0.3) is 0 Å². The zero-order valence-corrected chi connectivity index (χ0v) is 13.0. The van der Waals surface area contributed by atoms with Gasteiger partial charge < -0.3 is 4.74 Å². The summed E-state index contributed by atoms with van der Waals surface area (Å²) in [6.07, 6.45) is 2.06. The van der Waals surface area contributed by atoms with Gasteiger partial charge in [-0.05, 0) is 18.1 Å². The van der Waals surface area contributed by atoms with Crippen molar-refractivity contribution in [1.29, 1.82) is 0 Å². The Balaban J connectivity index is 2.32. The van der Waals surface area contributed by atoms with Gasteiger partial charge in [-0.3, -0.25) is 0 Å². The SMILES string of the molecule is C=CCc1cc(CBr)c(F)c(F)c1OCc1ccccc1. The van der Waals surface area contributed by atoms with Crippen LogP contribution in [0.2, 0.25) is 0 Å². The molecule has 0 aliphatic carbocycles. The van der Waals surface area contributed by atoms with E-state index in [1.807, 2.05) is 30.3 Å². The van der Waals surface area contributed by atoms with Gasteiger partial charge >= 0.3 is 0 Å². The maximum absolute atomic E-state index is 14.2. The number of ether oxygens (including phenoxy) is 1. The smallest absolute Gasteiger partial charge is 0.201 e. The summed E-state index contributed by atoms with van der Waals surface area (Å²) in [5.41, 5.74) is 1.76. The van der Waals surface area contributed by atoms with Gasteiger partial charge in [0.1, 0.15) is 6.61 Å². The van der Waals surface area contributed by atoms with E-state index in [2.05, 4.69) is 22.5 Å². The van der Waals surface area contributed by atoms with Crippen molar-refractivity contribution >= 4 is 15.9 Å². The van der Waals surface area contributed by atoms with Crippen LogP contribution in [0.15, 0.2) is 49.1 Å². The van der Waals surface area contributed by atoms with E-state index in [0.29, 0.717) is 12.0 Å². The molecule has 0 amide bonds. The van der Waals surface area contributed by atoms with Gasteiger partial charge in [0.05, 0.1) is 0 Å². The Morgan fingerprint density at radius 1 is 1.10 bits per heavy atom. The van der Waals surface area contributed by atoms with Crippen molar-refractivity contribution in [1.82, 2.24) is 0 Å². The number of rotatable bonds is 6. The first-order valence-electron chi connectivity index (χ1n) is 6.50. The molecule has 2 aromatic carbocycles. The Hall–Kier alpha value is -1.68. The number of hydrogen-bond acceptors (Lipinski definition) is 1. The maximum Gasteiger partial charge on any atom is 0.201 e. The molecule has 0 saturated carbocycles. The van der Waals surface area contributed by atoms with Crippen molar-refractivity contribution in [3.63, 3.8) is 0 Å². The molecular weight excluding hydrogens is 338 g/mol. The van der Waals surface area contributed by atoms with E-state index < -0.39 is 11.6 Å². The van der Waals surface area contributed by atoms with Gasteiger partial charge in [-0.15, -0.1) is 6.58 Å². The first kappa shape index (κ1) is 15.7. The van der Waals surface area contributed by atoms with Crippen molar-refractivity contribution in [2.45, 2.75) is 18.4 Å². The summed E-state index contributed by atoms with van der Waals surface area (Å²) in [5, 5.41) is 0.249. The van der Waals surface area contributed by atoms with Crippen LogP contribution in [0.1, 0.15) is 16.7 Å². The minimum Gasteiger partial charge on any atom is -0.485 e. The topological polar surface area (TPSA) is 9.23 Å². The zero-order chi connectivity index (χ0) is 15.2. The number of allylic oxidation sites excluding steroid dienone is 1. The molecule has 0 saturated heterocycles. The van der Waals surface area contributed by atoms with Crippen LogP contribution in [-0.2, 0) is 18.4 Å². The van der Waals surface area contributed by atoms with E-state index in [1.165, 1.54) is 0 Å². The number of alkyl halides is 1. The Labute approximate surface area is 131 Å². The van der Waals surface area contributed by atoms with Gasteiger partial charge in [-0.2, -0.15) is 4.39 Å². The van der Waals surface area contributed by atoms with Gasteiger partial charge in [-0.25, -0.2) is 4.39 Å². The third-order valence-corrected chi connectivity index (χ3v) is 3.65. The van der Waals surface area contributed by atoms with Crippen LogP contribution in [0, 0.1) is 11.6 Å². The highest BCUT2D eigenvalue weighted by Crippen LogP contribution is 2.30. The summed E-state index contributed by atoms with van der Waals surface area (Å²) in [5.74, 6) is -1.86. The normalized spacial score (nSPS) is 10.4. The molecule has 0 atom stereocenters. The van der Waals surface area contributed by atoms with Crippen LogP contribution >= 0.6 is 15.9 Å². The first-order valence-corrected chi connectivity index (χ1v) is 7.62. The van der Waals surface area contributed by atoms with Crippen LogP contribution in [0.3, 0.4) is 0 Å². The molecule has 0 bridgehead atoms. The molecule has 0 unspecified atom stereocenters. The van der Waals surface area contributed by atoms with E-state index in [4.69, 9.17) is 4.74 Å². The molecule has 2 aromatic rings. The third-order valence-electron chi connectivity index (χ3n) is 3.05. The van der Waals surface area contributed by atoms with Crippen LogP contribution < -0.4 is 4.74 Å². The average molecular weight is 353 g/mol. The van der Waals surface area contributed by atoms with Gasteiger partial charge in [0.15, 0.2) is 11.6 Å². The van der Waals surface area contributed by atoms with E-state index in [0.717, 1.165) is 5.56 Å². The summed E-state index contributed by atoms with van der Waals surface area (Å²) >= 11 is 3.15. The molecule has 110 valence electrons. The second kappa shape index (κ2) is 7.36. The van der Waals surface area contributed by atoms with Crippen molar-refractivity contribution < 1.29 is 13.5 Å². The Morgan fingerprint density at radius 2 is 1.81 bits per heavy atom. The number of hydrogen-bond donors (Lipinski definition) is 0. The number of benzene rings is 2. The van der Waals surface area contributed by atoms with Crippen molar-refractivity contribution in [2.24, 2.45) is 0 Å². The van der Waals surface area contributed by atoms with Gasteiger partial charge in [0.2, 0.25) is 5.82 Å². The molecule has 1 nitrogen and oxygen atoms in total. The summed E-state index contributed by atoms with van der Waals surface area (Å²) in [6, 6.07) is 11.0. The standard InChI is InChI=1S/C17H15BrF2O/c1-2-6-13-9-14(10-18)15(19)16(20)17(13)21-11-12-7-4-3-5-8-12/h2-5,7-9H,1,6,10-11H2. The molecule has 0 spiro atoms. The Bertz CT molecular complexity index is 626. The molecule has 0 fully saturated rings. The van der Waals surface area contributed by atoms with E-state index in [-0.39, 0.29) is 23.2 Å². The van der Waals surface area contributed by atoms with Crippen molar-refractivity contribution in [3.05, 3.63) is 77.4 Å². The van der Waals surface area contributed by atoms with Crippen LogP contribution in [0.5, 0.6) is 5.75 Å². The minimum absolute atomic E-state index is 0.0408. The van der Waals surface area contributed by atoms with Crippen LogP contribution in [0.4, 0.5) is 8.78 Å². The fourth-order valence-corrected chi connectivity index (χ4v) is 2.42. The highest BCUT2D eigenvalue weighted by molar-refractivity contribution is 9.08. The highest BCUT2D eigenvalue weighted by atomic mass is 79.9. The largest absolute Gasteiger partial charge is 0.485 e. The molecule has 0 N–H and O–H groups in total. The summed E-state index contributed by atoms with van der Waals surface area (Å²) in [4.78, 5) is 0. The molecule has 0 aliphatic heterocycles. The fraction of sp³-hybridized carbons (Fsp3) is 0.176. The lowest BCUT2D eigenvalue weighted by molar-refractivity contribution is 0.281. The van der Waals surface area contributed by atoms with Gasteiger partial charge in [-0.1, -0.05) is 52.3 Å². The molecule has 0 aliphatic rings.